The number of hydrogen-bond acceptors (Lipinski definition) is 3. The molecule has 4 rings (SSSR count). The Hall–Kier alpha value is -2.33. The summed E-state index contributed by atoms with van der Waals surface area (Å²) in [6.45, 7) is 6.47. The molecule has 2 atom stereocenters. The molecule has 26 heavy (non-hydrogen) atoms. The van der Waals surface area contributed by atoms with Crippen molar-refractivity contribution in [1.82, 2.24) is 10.2 Å². The van der Waals surface area contributed by atoms with Gasteiger partial charge in [-0.25, -0.2) is 0 Å². The van der Waals surface area contributed by atoms with Gasteiger partial charge >= 0.3 is 0 Å². The molecule has 4 heteroatoms. The number of aryl methyl sites for hydroxylation is 1. The van der Waals surface area contributed by atoms with E-state index in [1.165, 1.54) is 16.8 Å². The van der Waals surface area contributed by atoms with Crippen molar-refractivity contribution in [3.63, 3.8) is 0 Å². The van der Waals surface area contributed by atoms with Crippen molar-refractivity contribution >= 4 is 11.6 Å². The maximum atomic E-state index is 13.1. The maximum absolute atomic E-state index is 13.1. The number of piperazine rings is 1. The van der Waals surface area contributed by atoms with Crippen LogP contribution in [0.3, 0.4) is 0 Å². The van der Waals surface area contributed by atoms with E-state index in [1.54, 1.807) is 0 Å². The molecule has 0 aliphatic carbocycles. The third-order valence-corrected chi connectivity index (χ3v) is 5.76. The summed E-state index contributed by atoms with van der Waals surface area (Å²) in [6, 6.07) is 18.9. The molecule has 2 heterocycles. The van der Waals surface area contributed by atoms with E-state index >= 15 is 0 Å². The second kappa shape index (κ2) is 7.50. The van der Waals surface area contributed by atoms with E-state index in [9.17, 15) is 4.79 Å². The highest BCUT2D eigenvalue weighted by Gasteiger charge is 2.37. The van der Waals surface area contributed by atoms with Gasteiger partial charge in [0.1, 0.15) is 0 Å². The van der Waals surface area contributed by atoms with Crippen molar-refractivity contribution in [1.29, 1.82) is 0 Å². The van der Waals surface area contributed by atoms with Crippen molar-refractivity contribution in [2.24, 2.45) is 0 Å². The first-order valence-corrected chi connectivity index (χ1v) is 9.62. The first-order valence-electron chi connectivity index (χ1n) is 9.62. The van der Waals surface area contributed by atoms with Crippen LogP contribution in [-0.4, -0.2) is 49.6 Å². The molecule has 2 aromatic carbocycles. The first-order chi connectivity index (χ1) is 12.7. The highest BCUT2D eigenvalue weighted by Crippen LogP contribution is 2.29. The van der Waals surface area contributed by atoms with Crippen molar-refractivity contribution in [2.75, 3.05) is 37.6 Å². The van der Waals surface area contributed by atoms with Gasteiger partial charge in [-0.3, -0.25) is 4.79 Å². The maximum Gasteiger partial charge on any atom is 0.240 e. The summed E-state index contributed by atoms with van der Waals surface area (Å²) in [6.07, 6.45) is 1.03. The molecule has 2 fully saturated rings. The fourth-order valence-electron chi connectivity index (χ4n) is 4.30. The number of hydrogen-bond donors (Lipinski definition) is 1. The van der Waals surface area contributed by atoms with Gasteiger partial charge in [-0.2, -0.15) is 0 Å². The Balaban J connectivity index is 1.41. The Bertz CT molecular complexity index is 753. The molecule has 0 spiro atoms. The summed E-state index contributed by atoms with van der Waals surface area (Å²) in [4.78, 5) is 17.6. The second-order valence-corrected chi connectivity index (χ2v) is 7.34. The van der Waals surface area contributed by atoms with Crippen LogP contribution in [0.5, 0.6) is 0 Å². The molecule has 0 saturated carbocycles. The van der Waals surface area contributed by atoms with E-state index in [1.807, 2.05) is 11.0 Å². The minimum Gasteiger partial charge on any atom is -0.368 e. The van der Waals surface area contributed by atoms with Crippen LogP contribution in [0.15, 0.2) is 54.6 Å². The molecular weight excluding hydrogens is 322 g/mol. The van der Waals surface area contributed by atoms with E-state index in [0.717, 1.165) is 39.1 Å². The van der Waals surface area contributed by atoms with E-state index in [2.05, 4.69) is 65.7 Å². The predicted octanol–water partition coefficient (Wildman–Crippen LogP) is 2.79. The van der Waals surface area contributed by atoms with Crippen LogP contribution in [0, 0.1) is 6.92 Å². The van der Waals surface area contributed by atoms with E-state index in [0.29, 0.717) is 0 Å². The van der Waals surface area contributed by atoms with Gasteiger partial charge in [0.25, 0.3) is 0 Å². The number of rotatable bonds is 3. The molecule has 0 radical (unpaired) electrons. The van der Waals surface area contributed by atoms with E-state index < -0.39 is 0 Å². The highest BCUT2D eigenvalue weighted by atomic mass is 16.2. The average molecular weight is 349 g/mol. The Morgan fingerprint density at radius 1 is 0.962 bits per heavy atom. The van der Waals surface area contributed by atoms with Crippen LogP contribution in [0.4, 0.5) is 5.69 Å². The zero-order valence-electron chi connectivity index (χ0n) is 15.4. The lowest BCUT2D eigenvalue weighted by atomic mass is 9.91. The molecule has 1 amide bonds. The number of nitrogens with zero attached hydrogens (tertiary/aromatic N) is 2. The third-order valence-electron chi connectivity index (χ3n) is 5.76. The standard InChI is InChI=1S/C22H27N3O/c1-17-7-5-6-10-20(17)24-13-15-25(16-14-24)22(26)21-19(11-12-23-21)18-8-3-2-4-9-18/h2-10,19,21,23H,11-16H2,1H3/t19-,21+/m1/s1. The first kappa shape index (κ1) is 17.1. The SMILES string of the molecule is Cc1ccccc1N1CCN(C(=O)[C@H]2NCC[C@@H]2c2ccccc2)CC1. The number of carbonyl (C=O) groups is 1. The van der Waals surface area contributed by atoms with Crippen molar-refractivity contribution in [3.05, 3.63) is 65.7 Å². The lowest BCUT2D eigenvalue weighted by Crippen LogP contribution is -2.54. The molecule has 1 N–H and O–H groups in total. The van der Waals surface area contributed by atoms with Gasteiger partial charge in [0.15, 0.2) is 0 Å². The van der Waals surface area contributed by atoms with Crippen LogP contribution in [0.25, 0.3) is 0 Å². The third kappa shape index (κ3) is 3.34. The fourth-order valence-corrected chi connectivity index (χ4v) is 4.30. The molecule has 2 saturated heterocycles. The number of anilines is 1. The van der Waals surface area contributed by atoms with Gasteiger partial charge in [0, 0.05) is 37.8 Å². The number of para-hydroxylation sites is 1. The Labute approximate surface area is 155 Å². The number of benzene rings is 2. The van der Waals surface area contributed by atoms with Crippen LogP contribution < -0.4 is 10.2 Å². The number of carbonyl (C=O) groups excluding carboxylic acids is 1. The van der Waals surface area contributed by atoms with Crippen LogP contribution >= 0.6 is 0 Å². The van der Waals surface area contributed by atoms with Gasteiger partial charge in [0.05, 0.1) is 6.04 Å². The fraction of sp³-hybridized carbons (Fsp3) is 0.409. The minimum absolute atomic E-state index is 0.0811. The van der Waals surface area contributed by atoms with Gasteiger partial charge in [-0.1, -0.05) is 48.5 Å². The van der Waals surface area contributed by atoms with E-state index in [-0.39, 0.29) is 17.9 Å². The normalized spacial score (nSPS) is 23.3. The molecule has 2 aliphatic rings. The molecule has 2 aliphatic heterocycles. The predicted molar refractivity (Wildman–Crippen MR) is 106 cm³/mol. The van der Waals surface area contributed by atoms with Gasteiger partial charge < -0.3 is 15.1 Å². The zero-order chi connectivity index (χ0) is 17.9. The topological polar surface area (TPSA) is 35.6 Å². The summed E-state index contributed by atoms with van der Waals surface area (Å²) in [7, 11) is 0. The van der Waals surface area contributed by atoms with Crippen molar-refractivity contribution in [2.45, 2.75) is 25.3 Å². The van der Waals surface area contributed by atoms with Crippen LogP contribution in [0.1, 0.15) is 23.5 Å². The molecule has 2 aromatic rings. The monoisotopic (exact) mass is 349 g/mol. The number of amides is 1. The molecular formula is C22H27N3O. The molecule has 4 nitrogen and oxygen atoms in total. The summed E-state index contributed by atoms with van der Waals surface area (Å²) in [5.41, 5.74) is 3.86. The lowest BCUT2D eigenvalue weighted by Gasteiger charge is -2.38. The van der Waals surface area contributed by atoms with Crippen LogP contribution in [-0.2, 0) is 4.79 Å². The lowest BCUT2D eigenvalue weighted by molar-refractivity contribution is -0.133. The minimum atomic E-state index is -0.0811. The van der Waals surface area contributed by atoms with Crippen molar-refractivity contribution in [3.8, 4) is 0 Å². The van der Waals surface area contributed by atoms with Gasteiger partial charge in [0.2, 0.25) is 5.91 Å². The number of nitrogens with one attached hydrogen (secondary N) is 1. The van der Waals surface area contributed by atoms with Crippen molar-refractivity contribution < 1.29 is 4.79 Å². The summed E-state index contributed by atoms with van der Waals surface area (Å²) < 4.78 is 0. The van der Waals surface area contributed by atoms with Gasteiger partial charge in [-0.15, -0.1) is 0 Å². The average Bonchev–Trinajstić information content (AvgIpc) is 3.18. The largest absolute Gasteiger partial charge is 0.368 e. The Kier molecular flexibility index (Phi) is 4.93. The Morgan fingerprint density at radius 2 is 1.65 bits per heavy atom. The van der Waals surface area contributed by atoms with E-state index in [4.69, 9.17) is 0 Å². The smallest absolute Gasteiger partial charge is 0.240 e. The summed E-state index contributed by atoms with van der Waals surface area (Å²) >= 11 is 0. The quantitative estimate of drug-likeness (QED) is 0.926. The molecule has 0 bridgehead atoms. The molecule has 0 unspecified atom stereocenters. The van der Waals surface area contributed by atoms with Crippen LogP contribution in [0.2, 0.25) is 0 Å². The molecule has 136 valence electrons. The molecule has 0 aromatic heterocycles. The second-order valence-electron chi connectivity index (χ2n) is 7.34. The highest BCUT2D eigenvalue weighted by molar-refractivity contribution is 5.84. The summed E-state index contributed by atoms with van der Waals surface area (Å²) in [5, 5.41) is 3.45. The summed E-state index contributed by atoms with van der Waals surface area (Å²) in [5.74, 6) is 0.555. The zero-order valence-corrected chi connectivity index (χ0v) is 15.4. The Morgan fingerprint density at radius 3 is 2.38 bits per heavy atom. The van der Waals surface area contributed by atoms with Gasteiger partial charge in [-0.05, 0) is 37.1 Å².